The fourth-order valence-electron chi connectivity index (χ4n) is 6.07. The number of carbonyl (C=O) groups excluding carboxylic acids is 1. The normalized spacial score (nSPS) is 19.1. The van der Waals surface area contributed by atoms with Crippen LogP contribution in [0, 0.1) is 5.92 Å². The van der Waals surface area contributed by atoms with Crippen LogP contribution >= 0.6 is 11.8 Å². The average molecular weight is 668 g/mol. The van der Waals surface area contributed by atoms with E-state index in [2.05, 4.69) is 70.7 Å². The highest BCUT2D eigenvalue weighted by molar-refractivity contribution is 7.99. The van der Waals surface area contributed by atoms with Crippen molar-refractivity contribution in [3.05, 3.63) is 162 Å². The molecule has 8 heteroatoms. The summed E-state index contributed by atoms with van der Waals surface area (Å²) in [6.07, 6.45) is 0.700. The van der Waals surface area contributed by atoms with Gasteiger partial charge in [-0.2, -0.15) is 0 Å². The monoisotopic (exact) mass is 667 g/mol. The second-order valence-corrected chi connectivity index (χ2v) is 13.3. The van der Waals surface area contributed by atoms with E-state index in [0.29, 0.717) is 12.1 Å². The van der Waals surface area contributed by atoms with E-state index in [1.807, 2.05) is 78.9 Å². The summed E-state index contributed by atoms with van der Waals surface area (Å²) in [6, 6.07) is 42.3. The van der Waals surface area contributed by atoms with Crippen LogP contribution < -0.4 is 5.32 Å². The number of para-hydroxylation sites is 2. The summed E-state index contributed by atoms with van der Waals surface area (Å²) in [5, 5.41) is 12.6. The van der Waals surface area contributed by atoms with Crippen LogP contribution in [0.1, 0.15) is 52.1 Å². The Morgan fingerprint density at radius 1 is 0.776 bits per heavy atom. The smallest absolute Gasteiger partial charge is 0.271 e. The summed E-state index contributed by atoms with van der Waals surface area (Å²) < 4.78 is 13.4. The fraction of sp³-hybridized carbons (Fsp3) is 0.195. The van der Waals surface area contributed by atoms with E-state index in [1.54, 1.807) is 11.8 Å². The summed E-state index contributed by atoms with van der Waals surface area (Å²) in [5.74, 6) is 0.615. The van der Waals surface area contributed by atoms with Crippen molar-refractivity contribution < 1.29 is 19.4 Å². The number of aliphatic hydroxyl groups is 1. The maximum Gasteiger partial charge on any atom is 0.271 e. The number of hydrogen-bond donors (Lipinski definition) is 2. The summed E-state index contributed by atoms with van der Waals surface area (Å²) in [5.41, 5.74) is 7.60. The van der Waals surface area contributed by atoms with Gasteiger partial charge in [-0.3, -0.25) is 9.78 Å². The minimum Gasteiger partial charge on any atom is -0.392 e. The Hall–Kier alpha value is -4.86. The molecule has 49 heavy (non-hydrogen) atoms. The van der Waals surface area contributed by atoms with Crippen molar-refractivity contribution in [2.45, 2.75) is 43.5 Å². The number of carbonyl (C=O) groups is 1. The van der Waals surface area contributed by atoms with Crippen LogP contribution in [-0.2, 0) is 22.6 Å². The van der Waals surface area contributed by atoms with Gasteiger partial charge in [0.15, 0.2) is 6.29 Å². The number of hydrogen-bond acceptors (Lipinski definition) is 7. The van der Waals surface area contributed by atoms with Crippen LogP contribution in [0.25, 0.3) is 22.2 Å². The molecule has 0 aliphatic carbocycles. The van der Waals surface area contributed by atoms with Gasteiger partial charge >= 0.3 is 0 Å². The van der Waals surface area contributed by atoms with Gasteiger partial charge < -0.3 is 19.9 Å². The second kappa shape index (κ2) is 15.1. The number of benzene rings is 5. The first-order valence-electron chi connectivity index (χ1n) is 16.4. The van der Waals surface area contributed by atoms with Gasteiger partial charge in [-0.25, -0.2) is 4.98 Å². The predicted molar refractivity (Wildman–Crippen MR) is 193 cm³/mol. The van der Waals surface area contributed by atoms with E-state index in [1.165, 1.54) is 11.1 Å². The summed E-state index contributed by atoms with van der Waals surface area (Å²) >= 11 is 1.79. The Kier molecular flexibility index (Phi) is 10.1. The molecule has 0 bridgehead atoms. The SMILES string of the molecule is C[C@@H]1[C@H](CSc2ccccc2)O[C@H](c2cccc(-c3cccc(CNC(=O)c4cnc5ccccc5n4)c3)c2)O[C@@H]1c1ccc(CO)cc1. The summed E-state index contributed by atoms with van der Waals surface area (Å²) in [7, 11) is 0. The zero-order valence-corrected chi connectivity index (χ0v) is 27.9. The Labute approximate surface area is 290 Å². The molecule has 1 saturated heterocycles. The van der Waals surface area contributed by atoms with Crippen molar-refractivity contribution in [2.24, 2.45) is 5.92 Å². The Balaban J connectivity index is 1.09. The lowest BCUT2D eigenvalue weighted by atomic mass is 9.91. The lowest BCUT2D eigenvalue weighted by Crippen LogP contribution is -2.38. The minimum absolute atomic E-state index is 0.00291. The van der Waals surface area contributed by atoms with Crippen LogP contribution in [-0.4, -0.2) is 32.8 Å². The van der Waals surface area contributed by atoms with Crippen molar-refractivity contribution in [1.82, 2.24) is 15.3 Å². The predicted octanol–water partition coefficient (Wildman–Crippen LogP) is 8.30. The first-order valence-corrected chi connectivity index (χ1v) is 17.4. The highest BCUT2D eigenvalue weighted by Gasteiger charge is 2.38. The molecule has 7 nitrogen and oxygen atoms in total. The molecule has 246 valence electrons. The van der Waals surface area contributed by atoms with E-state index >= 15 is 0 Å². The molecule has 0 radical (unpaired) electrons. The Bertz CT molecular complexity index is 2040. The molecule has 7 rings (SSSR count). The number of aliphatic hydroxyl groups excluding tert-OH is 1. The van der Waals surface area contributed by atoms with Gasteiger partial charge in [0.1, 0.15) is 5.69 Å². The van der Waals surface area contributed by atoms with Gasteiger partial charge in [0, 0.05) is 28.7 Å². The Morgan fingerprint density at radius 2 is 1.51 bits per heavy atom. The topological polar surface area (TPSA) is 93.6 Å². The van der Waals surface area contributed by atoms with Crippen LogP contribution in [0.15, 0.2) is 138 Å². The number of aromatic nitrogens is 2. The van der Waals surface area contributed by atoms with Crippen LogP contribution in [0.5, 0.6) is 0 Å². The van der Waals surface area contributed by atoms with Crippen LogP contribution in [0.4, 0.5) is 0 Å². The molecule has 1 aliphatic heterocycles. The molecule has 1 aliphatic rings. The van der Waals surface area contributed by atoms with Crippen molar-refractivity contribution in [2.75, 3.05) is 5.75 Å². The quantitative estimate of drug-likeness (QED) is 0.142. The van der Waals surface area contributed by atoms with Gasteiger partial charge in [-0.05, 0) is 64.2 Å². The molecular weight excluding hydrogens is 631 g/mol. The molecule has 1 fully saturated rings. The second-order valence-electron chi connectivity index (χ2n) is 12.2. The lowest BCUT2D eigenvalue weighted by molar-refractivity contribution is -0.268. The molecule has 5 aromatic carbocycles. The summed E-state index contributed by atoms with van der Waals surface area (Å²) in [6.45, 7) is 2.54. The van der Waals surface area contributed by atoms with Gasteiger partial charge in [0.25, 0.3) is 5.91 Å². The van der Waals surface area contributed by atoms with Crippen molar-refractivity contribution in [3.8, 4) is 11.1 Å². The van der Waals surface area contributed by atoms with E-state index in [9.17, 15) is 9.90 Å². The van der Waals surface area contributed by atoms with Gasteiger partial charge in [-0.1, -0.05) is 97.9 Å². The van der Waals surface area contributed by atoms with E-state index in [0.717, 1.165) is 44.7 Å². The van der Waals surface area contributed by atoms with Crippen LogP contribution in [0.2, 0.25) is 0 Å². The molecule has 1 amide bonds. The fourth-order valence-corrected chi connectivity index (χ4v) is 7.16. The number of ether oxygens (including phenoxy) is 2. The van der Waals surface area contributed by atoms with E-state index < -0.39 is 6.29 Å². The highest BCUT2D eigenvalue weighted by Crippen LogP contribution is 2.43. The third kappa shape index (κ3) is 7.74. The first kappa shape index (κ1) is 32.7. The van der Waals surface area contributed by atoms with Gasteiger partial charge in [0.2, 0.25) is 0 Å². The number of fused-ring (bicyclic) bond motifs is 1. The number of rotatable bonds is 10. The van der Waals surface area contributed by atoms with Gasteiger partial charge in [0.05, 0.1) is 36.0 Å². The molecule has 4 atom stereocenters. The molecule has 0 spiro atoms. The third-order valence-corrected chi connectivity index (χ3v) is 9.93. The lowest BCUT2D eigenvalue weighted by Gasteiger charge is -2.41. The van der Waals surface area contributed by atoms with E-state index in [4.69, 9.17) is 9.47 Å². The maximum atomic E-state index is 12.9. The molecule has 6 aromatic rings. The van der Waals surface area contributed by atoms with E-state index in [-0.39, 0.29) is 36.3 Å². The first-order chi connectivity index (χ1) is 24.0. The number of nitrogens with one attached hydrogen (secondary N) is 1. The zero-order chi connectivity index (χ0) is 33.6. The van der Waals surface area contributed by atoms with Gasteiger partial charge in [-0.15, -0.1) is 11.8 Å². The molecule has 0 unspecified atom stereocenters. The number of nitrogens with zero attached hydrogens (tertiary/aromatic N) is 2. The molecule has 2 N–H and O–H groups in total. The van der Waals surface area contributed by atoms with Crippen molar-refractivity contribution in [1.29, 1.82) is 0 Å². The zero-order valence-electron chi connectivity index (χ0n) is 27.1. The summed E-state index contributed by atoms with van der Waals surface area (Å²) in [4.78, 5) is 23.0. The Morgan fingerprint density at radius 3 is 2.31 bits per heavy atom. The van der Waals surface area contributed by atoms with Crippen molar-refractivity contribution in [3.63, 3.8) is 0 Å². The molecule has 1 aromatic heterocycles. The standard InChI is InChI=1S/C41H37N3O4S/c1-27-38(26-49-34-13-3-2-4-14-34)47-41(48-39(27)30-19-17-28(25-45)18-20-30)33-12-8-11-32(22-33)31-10-7-9-29(21-31)23-43-40(46)37-24-42-35-15-5-6-16-36(35)44-37/h2-22,24,27,38-39,41,45H,23,25-26H2,1H3,(H,43,46)/t27-,38+,39+,41+/m1/s1. The van der Waals surface area contributed by atoms with Crippen molar-refractivity contribution >= 4 is 28.7 Å². The van der Waals surface area contributed by atoms with Crippen LogP contribution in [0.3, 0.4) is 0 Å². The number of amides is 1. The molecule has 0 saturated carbocycles. The maximum absolute atomic E-state index is 12.9. The minimum atomic E-state index is -0.564. The molecular formula is C41H37N3O4S. The highest BCUT2D eigenvalue weighted by atomic mass is 32.2. The number of thioether (sulfide) groups is 1. The molecule has 2 heterocycles. The average Bonchev–Trinajstić information content (AvgIpc) is 3.17. The third-order valence-electron chi connectivity index (χ3n) is 8.83. The largest absolute Gasteiger partial charge is 0.392 e.